The van der Waals surface area contributed by atoms with Crippen LogP contribution in [0.3, 0.4) is 0 Å². The van der Waals surface area contributed by atoms with Gasteiger partial charge in [0.25, 0.3) is 5.56 Å². The van der Waals surface area contributed by atoms with Crippen LogP contribution >= 0.6 is 0 Å². The molecule has 1 amide bonds. The van der Waals surface area contributed by atoms with Gasteiger partial charge in [0, 0.05) is 39.3 Å². The number of rotatable bonds is 7. The van der Waals surface area contributed by atoms with Crippen LogP contribution in [0.4, 0.5) is 10.7 Å². The molecule has 0 saturated carbocycles. The van der Waals surface area contributed by atoms with Crippen molar-refractivity contribution in [1.29, 1.82) is 0 Å². The lowest BCUT2D eigenvalue weighted by atomic mass is 10.1. The minimum atomic E-state index is -0.586. The van der Waals surface area contributed by atoms with E-state index in [0.29, 0.717) is 36.7 Å². The Hall–Kier alpha value is -4.08. The average molecular weight is 549 g/mol. The summed E-state index contributed by atoms with van der Waals surface area (Å²) in [7, 11) is 1.65. The van der Waals surface area contributed by atoms with Crippen LogP contribution < -0.4 is 21.5 Å². The number of piperidine rings is 1. The second-order valence-corrected chi connectivity index (χ2v) is 11.5. The number of aryl methyl sites for hydroxylation is 1. The van der Waals surface area contributed by atoms with Crippen LogP contribution in [-0.2, 0) is 24.9 Å². The van der Waals surface area contributed by atoms with Crippen LogP contribution in [0.2, 0.25) is 0 Å². The van der Waals surface area contributed by atoms with Crippen molar-refractivity contribution in [3.8, 4) is 0 Å². The molecule has 3 aromatic rings. The summed E-state index contributed by atoms with van der Waals surface area (Å²) in [6.07, 6.45) is 6.94. The van der Waals surface area contributed by atoms with Crippen LogP contribution in [0, 0.1) is 0 Å². The minimum Gasteiger partial charge on any atom is -0.444 e. The molecule has 1 aromatic carbocycles. The number of fused-ring (bicyclic) bond motifs is 1. The lowest BCUT2D eigenvalue weighted by Gasteiger charge is -2.34. The maximum Gasteiger partial charge on any atom is 0.407 e. The van der Waals surface area contributed by atoms with Gasteiger partial charge < -0.3 is 19.5 Å². The van der Waals surface area contributed by atoms with Crippen molar-refractivity contribution < 1.29 is 9.53 Å². The predicted octanol–water partition coefficient (Wildman–Crippen LogP) is 4.07. The summed E-state index contributed by atoms with van der Waals surface area (Å²) in [5.74, 6) is 0.605. The number of amides is 1. The molecule has 0 aliphatic carbocycles. The number of hydrogen-bond acceptors (Lipinski definition) is 6. The van der Waals surface area contributed by atoms with E-state index in [4.69, 9.17) is 9.72 Å². The Bertz CT molecular complexity index is 1530. The monoisotopic (exact) mass is 548 g/mol. The highest BCUT2D eigenvalue weighted by molar-refractivity contribution is 5.75. The zero-order valence-electron chi connectivity index (χ0n) is 24.3. The number of carbonyl (C=O) groups is 1. The van der Waals surface area contributed by atoms with Gasteiger partial charge in [-0.25, -0.2) is 9.59 Å². The first-order valence-corrected chi connectivity index (χ1v) is 13.7. The topological polar surface area (TPSA) is 103 Å². The van der Waals surface area contributed by atoms with Crippen LogP contribution in [0.1, 0.15) is 53.0 Å². The fourth-order valence-corrected chi connectivity index (χ4v) is 4.82. The standard InChI is InChI=1S/C30H40N6O4/c1-21(2)16-19-35-24-25(32-27(35)34-17-11-15-23(20-34)31-28(38)40-30(3,4)5)33(6)29(39)36(26(24)37)18-10-14-22-12-8-7-9-13-22/h7-10,12-14,16,23H,11,15,17-20H2,1-6H3,(H,31,38)/b14-10+. The van der Waals surface area contributed by atoms with Crippen molar-refractivity contribution in [2.75, 3.05) is 18.0 Å². The van der Waals surface area contributed by atoms with Gasteiger partial charge in [-0.2, -0.15) is 4.98 Å². The van der Waals surface area contributed by atoms with Gasteiger partial charge in [-0.05, 0) is 53.0 Å². The first-order chi connectivity index (χ1) is 18.9. The Balaban J connectivity index is 1.72. The summed E-state index contributed by atoms with van der Waals surface area (Å²) in [6.45, 7) is 11.3. The van der Waals surface area contributed by atoms with Gasteiger partial charge in [-0.1, -0.05) is 54.1 Å². The maximum atomic E-state index is 13.8. The molecule has 10 nitrogen and oxygen atoms in total. The van der Waals surface area contributed by atoms with E-state index in [2.05, 4.69) is 10.2 Å². The quantitative estimate of drug-likeness (QED) is 0.447. The molecule has 1 unspecified atom stereocenters. The number of nitrogens with one attached hydrogen (secondary N) is 1. The number of alkyl carbamates (subject to hydrolysis) is 1. The molecule has 1 saturated heterocycles. The van der Waals surface area contributed by atoms with E-state index in [-0.39, 0.29) is 18.1 Å². The highest BCUT2D eigenvalue weighted by Crippen LogP contribution is 2.24. The third kappa shape index (κ3) is 6.73. The zero-order chi connectivity index (χ0) is 29.0. The number of imidazole rings is 1. The van der Waals surface area contributed by atoms with Gasteiger partial charge in [0.05, 0.1) is 0 Å². The van der Waals surface area contributed by atoms with Gasteiger partial charge in [-0.15, -0.1) is 0 Å². The Morgan fingerprint density at radius 3 is 2.52 bits per heavy atom. The fourth-order valence-electron chi connectivity index (χ4n) is 4.82. The number of hydrogen-bond donors (Lipinski definition) is 1. The molecule has 1 aliphatic rings. The largest absolute Gasteiger partial charge is 0.444 e. The van der Waals surface area contributed by atoms with Gasteiger partial charge in [0.1, 0.15) is 5.60 Å². The van der Waals surface area contributed by atoms with Gasteiger partial charge in [0.15, 0.2) is 11.2 Å². The molecule has 40 heavy (non-hydrogen) atoms. The molecular formula is C30H40N6O4. The molecule has 1 N–H and O–H groups in total. The van der Waals surface area contributed by atoms with E-state index in [9.17, 15) is 14.4 Å². The molecule has 4 rings (SSSR count). The summed E-state index contributed by atoms with van der Waals surface area (Å²) in [5.41, 5.74) is 1.44. The molecule has 3 heterocycles. The molecule has 10 heteroatoms. The van der Waals surface area contributed by atoms with E-state index >= 15 is 0 Å². The average Bonchev–Trinajstić information content (AvgIpc) is 3.27. The third-order valence-electron chi connectivity index (χ3n) is 6.72. The maximum absolute atomic E-state index is 13.8. The van der Waals surface area contributed by atoms with E-state index in [1.807, 2.05) is 87.7 Å². The SMILES string of the molecule is CC(C)=CCn1c(N2CCCC(NC(=O)OC(C)(C)C)C2)nc2c1c(=O)n(C/C=C/c1ccccc1)c(=O)n2C. The highest BCUT2D eigenvalue weighted by Gasteiger charge is 2.29. The van der Waals surface area contributed by atoms with Crippen LogP contribution in [0.5, 0.6) is 0 Å². The number of benzene rings is 1. The first kappa shape index (κ1) is 28.9. The van der Waals surface area contributed by atoms with Gasteiger partial charge in [-0.3, -0.25) is 13.9 Å². The second-order valence-electron chi connectivity index (χ2n) is 11.5. The summed E-state index contributed by atoms with van der Waals surface area (Å²) in [6, 6.07) is 9.61. The van der Waals surface area contributed by atoms with Crippen molar-refractivity contribution in [1.82, 2.24) is 24.0 Å². The van der Waals surface area contributed by atoms with Gasteiger partial charge in [0.2, 0.25) is 5.95 Å². The van der Waals surface area contributed by atoms with Crippen LogP contribution in [0.25, 0.3) is 17.2 Å². The smallest absolute Gasteiger partial charge is 0.407 e. The van der Waals surface area contributed by atoms with Crippen LogP contribution in [0.15, 0.2) is 57.6 Å². The predicted molar refractivity (Wildman–Crippen MR) is 159 cm³/mol. The Morgan fingerprint density at radius 2 is 1.85 bits per heavy atom. The number of ether oxygens (including phenoxy) is 1. The minimum absolute atomic E-state index is 0.135. The summed E-state index contributed by atoms with van der Waals surface area (Å²) in [5, 5.41) is 2.98. The summed E-state index contributed by atoms with van der Waals surface area (Å²) in [4.78, 5) is 46.4. The van der Waals surface area contributed by atoms with Crippen LogP contribution in [-0.4, -0.2) is 49.5 Å². The number of aromatic nitrogens is 4. The fraction of sp³-hybridized carbons (Fsp3) is 0.467. The van der Waals surface area contributed by atoms with Gasteiger partial charge >= 0.3 is 11.8 Å². The molecule has 0 radical (unpaired) electrons. The number of allylic oxidation sites excluding steroid dienone is 3. The summed E-state index contributed by atoms with van der Waals surface area (Å²) < 4.78 is 10.0. The van der Waals surface area contributed by atoms with E-state index in [0.717, 1.165) is 24.0 Å². The van der Waals surface area contributed by atoms with Crippen molar-refractivity contribution in [3.63, 3.8) is 0 Å². The van der Waals surface area contributed by atoms with E-state index in [1.54, 1.807) is 7.05 Å². The van der Waals surface area contributed by atoms with Crippen molar-refractivity contribution >= 4 is 29.3 Å². The van der Waals surface area contributed by atoms with Crippen molar-refractivity contribution in [3.05, 3.63) is 74.5 Å². The van der Waals surface area contributed by atoms with E-state index < -0.39 is 17.4 Å². The zero-order valence-corrected chi connectivity index (χ0v) is 24.3. The molecule has 214 valence electrons. The van der Waals surface area contributed by atoms with Crippen molar-refractivity contribution in [2.24, 2.45) is 7.05 Å². The molecule has 1 aliphatic heterocycles. The lowest BCUT2D eigenvalue weighted by molar-refractivity contribution is 0.0499. The number of carbonyl (C=O) groups excluding carboxylic acids is 1. The summed E-state index contributed by atoms with van der Waals surface area (Å²) >= 11 is 0. The lowest BCUT2D eigenvalue weighted by Crippen LogP contribution is -2.49. The molecule has 1 fully saturated rings. The Labute approximate surface area is 234 Å². The molecule has 2 aromatic heterocycles. The Kier molecular flexibility index (Phi) is 8.66. The molecular weight excluding hydrogens is 508 g/mol. The number of anilines is 1. The number of nitrogens with zero attached hydrogens (tertiary/aromatic N) is 5. The first-order valence-electron chi connectivity index (χ1n) is 13.7. The molecule has 0 bridgehead atoms. The van der Waals surface area contributed by atoms with E-state index in [1.165, 1.54) is 9.13 Å². The van der Waals surface area contributed by atoms with Crippen molar-refractivity contribution in [2.45, 2.75) is 72.2 Å². The normalized spacial score (nSPS) is 15.9. The molecule has 1 atom stereocenters. The highest BCUT2D eigenvalue weighted by atomic mass is 16.6. The molecule has 0 spiro atoms. The Morgan fingerprint density at radius 1 is 1.12 bits per heavy atom. The third-order valence-corrected chi connectivity index (χ3v) is 6.72. The second kappa shape index (κ2) is 12.0.